The summed E-state index contributed by atoms with van der Waals surface area (Å²) in [6.45, 7) is 5.33. The number of imide groups is 1. The highest BCUT2D eigenvalue weighted by atomic mass is 79.9. The van der Waals surface area contributed by atoms with Crippen molar-refractivity contribution in [2.75, 3.05) is 0 Å². The Morgan fingerprint density at radius 1 is 1.47 bits per heavy atom. The second-order valence-corrected chi connectivity index (χ2v) is 6.37. The third-order valence-electron chi connectivity index (χ3n) is 2.51. The first-order chi connectivity index (χ1) is 8.93. The summed E-state index contributed by atoms with van der Waals surface area (Å²) in [7, 11) is 0. The summed E-state index contributed by atoms with van der Waals surface area (Å²) in [5, 5.41) is -0.298. The number of carbonyl (C=O) groups is 2. The summed E-state index contributed by atoms with van der Waals surface area (Å²) in [6, 6.07) is 1.39. The Morgan fingerprint density at radius 3 is 2.68 bits per heavy atom. The first-order valence-corrected chi connectivity index (χ1v) is 7.68. The first kappa shape index (κ1) is 14.6. The van der Waals surface area contributed by atoms with E-state index >= 15 is 0 Å². The van der Waals surface area contributed by atoms with Gasteiger partial charge in [0.1, 0.15) is 5.76 Å². The van der Waals surface area contributed by atoms with E-state index in [0.717, 1.165) is 16.2 Å². The molecule has 0 aliphatic carbocycles. The normalized spacial score (nSPS) is 19.3. The summed E-state index contributed by atoms with van der Waals surface area (Å²) >= 11 is 7.40. The molecule has 0 N–H and O–H groups in total. The van der Waals surface area contributed by atoms with E-state index in [-0.39, 0.29) is 17.2 Å². The second-order valence-electron chi connectivity index (χ2n) is 3.80. The zero-order valence-electron chi connectivity index (χ0n) is 9.85. The van der Waals surface area contributed by atoms with Crippen molar-refractivity contribution in [2.24, 2.45) is 0 Å². The van der Waals surface area contributed by atoms with Gasteiger partial charge in [-0.2, -0.15) is 0 Å². The van der Waals surface area contributed by atoms with E-state index in [4.69, 9.17) is 4.42 Å². The fourth-order valence-electron chi connectivity index (χ4n) is 1.50. The van der Waals surface area contributed by atoms with Crippen LogP contribution >= 0.6 is 43.6 Å². The van der Waals surface area contributed by atoms with Gasteiger partial charge in [0.25, 0.3) is 11.1 Å². The Morgan fingerprint density at radius 2 is 2.16 bits per heavy atom. The number of carbonyl (C=O) groups excluding carboxylic acids is 2. The standard InChI is InChI=1S/C12H9Br2NO3S/c1-3-6(2)15-11(16)9(19-12(15)17)5-7-4-8(13)10(14)18-7/h3-6H,1H2,2H3/b9-5-/t6-/m1/s1. The third-order valence-corrected chi connectivity index (χ3v) is 5.10. The van der Waals surface area contributed by atoms with Crippen molar-refractivity contribution in [3.8, 4) is 0 Å². The van der Waals surface area contributed by atoms with E-state index in [1.165, 1.54) is 4.90 Å². The molecule has 2 rings (SSSR count). The van der Waals surface area contributed by atoms with Gasteiger partial charge in [0.15, 0.2) is 4.67 Å². The maximum absolute atomic E-state index is 12.1. The molecule has 1 atom stereocenters. The quantitative estimate of drug-likeness (QED) is 0.550. The van der Waals surface area contributed by atoms with Crippen molar-refractivity contribution >= 4 is 60.8 Å². The Kier molecular flexibility index (Phi) is 4.37. The topological polar surface area (TPSA) is 50.5 Å². The molecular formula is C12H9Br2NO3S. The van der Waals surface area contributed by atoms with Crippen LogP contribution in [0, 0.1) is 0 Å². The van der Waals surface area contributed by atoms with Crippen LogP contribution in [0.15, 0.2) is 37.2 Å². The maximum Gasteiger partial charge on any atom is 0.294 e. The van der Waals surface area contributed by atoms with Crippen LogP contribution in [0.25, 0.3) is 6.08 Å². The molecule has 0 aromatic carbocycles. The predicted molar refractivity (Wildman–Crippen MR) is 81.6 cm³/mol. The first-order valence-electron chi connectivity index (χ1n) is 5.28. The van der Waals surface area contributed by atoms with Gasteiger partial charge in [-0.15, -0.1) is 6.58 Å². The van der Waals surface area contributed by atoms with Gasteiger partial charge in [-0.3, -0.25) is 14.5 Å². The molecule has 4 nitrogen and oxygen atoms in total. The van der Waals surface area contributed by atoms with Crippen LogP contribution in [0.4, 0.5) is 4.79 Å². The lowest BCUT2D eigenvalue weighted by molar-refractivity contribution is -0.123. The van der Waals surface area contributed by atoms with Gasteiger partial charge in [-0.05, 0) is 56.6 Å². The van der Waals surface area contributed by atoms with Crippen LogP contribution in [0.2, 0.25) is 0 Å². The molecule has 100 valence electrons. The van der Waals surface area contributed by atoms with E-state index in [1.54, 1.807) is 25.1 Å². The lowest BCUT2D eigenvalue weighted by atomic mass is 10.3. The van der Waals surface area contributed by atoms with Gasteiger partial charge in [0.2, 0.25) is 0 Å². The summed E-state index contributed by atoms with van der Waals surface area (Å²) in [5.74, 6) is 0.168. The highest BCUT2D eigenvalue weighted by molar-refractivity contribution is 9.13. The van der Waals surface area contributed by atoms with Crippen molar-refractivity contribution < 1.29 is 14.0 Å². The minimum absolute atomic E-state index is 0.298. The van der Waals surface area contributed by atoms with Crippen molar-refractivity contribution in [3.05, 3.63) is 38.5 Å². The van der Waals surface area contributed by atoms with Crippen molar-refractivity contribution in [3.63, 3.8) is 0 Å². The monoisotopic (exact) mass is 405 g/mol. The molecule has 0 radical (unpaired) electrons. The van der Waals surface area contributed by atoms with Gasteiger partial charge in [-0.1, -0.05) is 6.08 Å². The molecular weight excluding hydrogens is 398 g/mol. The minimum Gasteiger partial charge on any atom is -0.449 e. The van der Waals surface area contributed by atoms with Crippen LogP contribution in [-0.4, -0.2) is 22.1 Å². The average Bonchev–Trinajstić information content (AvgIpc) is 2.80. The molecule has 1 aliphatic heterocycles. The fraction of sp³-hybridized carbons (Fsp3) is 0.167. The van der Waals surface area contributed by atoms with Crippen molar-refractivity contribution in [1.29, 1.82) is 0 Å². The largest absolute Gasteiger partial charge is 0.449 e. The van der Waals surface area contributed by atoms with Crippen LogP contribution in [0.1, 0.15) is 12.7 Å². The number of amides is 2. The molecule has 0 bridgehead atoms. The van der Waals surface area contributed by atoms with Gasteiger partial charge in [0.05, 0.1) is 15.4 Å². The Bertz CT molecular complexity index is 574. The second kappa shape index (κ2) is 5.68. The van der Waals surface area contributed by atoms with Gasteiger partial charge >= 0.3 is 0 Å². The number of thioether (sulfide) groups is 1. The van der Waals surface area contributed by atoms with Crippen LogP contribution in [0.3, 0.4) is 0 Å². The van der Waals surface area contributed by atoms with Gasteiger partial charge in [-0.25, -0.2) is 0 Å². The number of hydrogen-bond donors (Lipinski definition) is 0. The van der Waals surface area contributed by atoms with Crippen LogP contribution in [0.5, 0.6) is 0 Å². The smallest absolute Gasteiger partial charge is 0.294 e. The molecule has 0 unspecified atom stereocenters. The number of nitrogens with zero attached hydrogens (tertiary/aromatic N) is 1. The molecule has 1 aromatic rings. The molecule has 1 fully saturated rings. The van der Waals surface area contributed by atoms with Gasteiger partial charge in [0, 0.05) is 6.08 Å². The molecule has 0 saturated carbocycles. The van der Waals surface area contributed by atoms with E-state index in [0.29, 0.717) is 15.3 Å². The van der Waals surface area contributed by atoms with E-state index in [1.807, 2.05) is 0 Å². The Balaban J connectivity index is 2.30. The number of rotatable bonds is 3. The lowest BCUT2D eigenvalue weighted by Gasteiger charge is -2.17. The van der Waals surface area contributed by atoms with Crippen LogP contribution < -0.4 is 0 Å². The highest BCUT2D eigenvalue weighted by Crippen LogP contribution is 2.35. The van der Waals surface area contributed by atoms with E-state index < -0.39 is 0 Å². The fourth-order valence-corrected chi connectivity index (χ4v) is 3.00. The van der Waals surface area contributed by atoms with Crippen molar-refractivity contribution in [2.45, 2.75) is 13.0 Å². The molecule has 1 aromatic heterocycles. The molecule has 2 heterocycles. The number of halogens is 2. The maximum atomic E-state index is 12.1. The summed E-state index contributed by atoms with van der Waals surface area (Å²) in [6.07, 6.45) is 3.11. The van der Waals surface area contributed by atoms with E-state index in [2.05, 4.69) is 38.4 Å². The highest BCUT2D eigenvalue weighted by Gasteiger charge is 2.37. The Hall–Kier alpha value is -0.790. The molecule has 1 saturated heterocycles. The molecule has 0 spiro atoms. The zero-order valence-corrected chi connectivity index (χ0v) is 13.8. The van der Waals surface area contributed by atoms with E-state index in [9.17, 15) is 9.59 Å². The lowest BCUT2D eigenvalue weighted by Crippen LogP contribution is -2.35. The minimum atomic E-state index is -0.328. The molecule has 7 heteroatoms. The molecule has 19 heavy (non-hydrogen) atoms. The predicted octanol–water partition coefficient (Wildman–Crippen LogP) is 4.42. The Labute approximate surface area is 131 Å². The molecule has 1 aliphatic rings. The number of hydrogen-bond acceptors (Lipinski definition) is 4. The van der Waals surface area contributed by atoms with Crippen molar-refractivity contribution in [1.82, 2.24) is 4.90 Å². The SMILES string of the molecule is C=C[C@@H](C)N1C(=O)S/C(=C\c2cc(Br)c(Br)o2)C1=O. The average molecular weight is 407 g/mol. The summed E-state index contributed by atoms with van der Waals surface area (Å²) < 4.78 is 6.65. The van der Waals surface area contributed by atoms with Crippen LogP contribution in [-0.2, 0) is 4.79 Å². The third kappa shape index (κ3) is 2.88. The summed E-state index contributed by atoms with van der Waals surface area (Å²) in [4.78, 5) is 25.4. The zero-order chi connectivity index (χ0) is 14.2. The molecule has 2 amide bonds. The number of furan rings is 1. The summed E-state index contributed by atoms with van der Waals surface area (Å²) in [5.41, 5.74) is 0. The van der Waals surface area contributed by atoms with Gasteiger partial charge < -0.3 is 4.42 Å².